The summed E-state index contributed by atoms with van der Waals surface area (Å²) in [6.07, 6.45) is 4.25. The van der Waals surface area contributed by atoms with Crippen LogP contribution in [0.4, 0.5) is 0 Å². The van der Waals surface area contributed by atoms with Crippen molar-refractivity contribution in [3.63, 3.8) is 0 Å². The molecule has 0 saturated heterocycles. The number of carbonyl (C=O) groups is 1. The van der Waals surface area contributed by atoms with Gasteiger partial charge in [-0.3, -0.25) is 14.2 Å². The van der Waals surface area contributed by atoms with Gasteiger partial charge in [-0.15, -0.1) is 0 Å². The molecule has 6 nitrogen and oxygen atoms in total. The normalized spacial score (nSPS) is 15.1. The van der Waals surface area contributed by atoms with Gasteiger partial charge in [-0.1, -0.05) is 0 Å². The van der Waals surface area contributed by atoms with E-state index >= 15 is 0 Å². The van der Waals surface area contributed by atoms with Gasteiger partial charge in [-0.2, -0.15) is 10.2 Å². The number of nitrogens with zero attached hydrogens (tertiary/aromatic N) is 4. The zero-order valence-electron chi connectivity index (χ0n) is 16.0. The van der Waals surface area contributed by atoms with E-state index in [2.05, 4.69) is 29.4 Å². The molecule has 2 aromatic heterocycles. The van der Waals surface area contributed by atoms with Crippen LogP contribution in [0.5, 0.6) is 0 Å². The van der Waals surface area contributed by atoms with E-state index in [1.165, 1.54) is 6.42 Å². The number of hydrogen-bond acceptors (Lipinski definition) is 3. The summed E-state index contributed by atoms with van der Waals surface area (Å²) in [5.74, 6) is -0.0203. The molecule has 0 fully saturated rings. The van der Waals surface area contributed by atoms with Crippen molar-refractivity contribution in [1.82, 2.24) is 24.9 Å². The predicted molar refractivity (Wildman–Crippen MR) is 97.8 cm³/mol. The summed E-state index contributed by atoms with van der Waals surface area (Å²) in [5, 5.41) is 12.4. The van der Waals surface area contributed by atoms with Gasteiger partial charge in [0.25, 0.3) is 5.91 Å². The van der Waals surface area contributed by atoms with Crippen molar-refractivity contribution in [2.75, 3.05) is 0 Å². The van der Waals surface area contributed by atoms with E-state index in [-0.39, 0.29) is 11.9 Å². The minimum Gasteiger partial charge on any atom is -0.344 e. The van der Waals surface area contributed by atoms with Crippen molar-refractivity contribution in [1.29, 1.82) is 0 Å². The van der Waals surface area contributed by atoms with Crippen molar-refractivity contribution < 1.29 is 4.79 Å². The maximum absolute atomic E-state index is 13.0. The molecule has 1 N–H and O–H groups in total. The molecule has 1 atom stereocenters. The van der Waals surface area contributed by atoms with E-state index in [1.54, 1.807) is 0 Å². The summed E-state index contributed by atoms with van der Waals surface area (Å²) >= 11 is 0. The largest absolute Gasteiger partial charge is 0.344 e. The van der Waals surface area contributed by atoms with Gasteiger partial charge in [0.15, 0.2) is 0 Å². The number of amides is 1. The van der Waals surface area contributed by atoms with Crippen molar-refractivity contribution >= 4 is 5.91 Å². The Kier molecular flexibility index (Phi) is 4.97. The fourth-order valence-corrected chi connectivity index (χ4v) is 4.07. The molecule has 0 saturated carbocycles. The summed E-state index contributed by atoms with van der Waals surface area (Å²) in [7, 11) is 0. The van der Waals surface area contributed by atoms with Crippen LogP contribution in [0.2, 0.25) is 0 Å². The van der Waals surface area contributed by atoms with Crippen LogP contribution in [-0.2, 0) is 25.9 Å². The maximum atomic E-state index is 13.0. The van der Waals surface area contributed by atoms with Gasteiger partial charge in [0.2, 0.25) is 0 Å². The second-order valence-corrected chi connectivity index (χ2v) is 6.89. The predicted octanol–water partition coefficient (Wildman–Crippen LogP) is 3.11. The summed E-state index contributed by atoms with van der Waals surface area (Å²) in [4.78, 5) is 13.0. The first kappa shape index (κ1) is 17.7. The van der Waals surface area contributed by atoms with Gasteiger partial charge in [0, 0.05) is 29.9 Å². The number of aromatic nitrogens is 4. The quantitative estimate of drug-likeness (QED) is 0.907. The molecule has 0 aliphatic heterocycles. The van der Waals surface area contributed by atoms with Crippen LogP contribution in [-0.4, -0.2) is 25.5 Å². The second-order valence-electron chi connectivity index (χ2n) is 6.89. The van der Waals surface area contributed by atoms with Gasteiger partial charge in [0.1, 0.15) is 5.69 Å². The average molecular weight is 343 g/mol. The molecule has 0 spiro atoms. The Balaban J connectivity index is 1.88. The maximum Gasteiger partial charge on any atom is 0.270 e. The third-order valence-corrected chi connectivity index (χ3v) is 5.26. The number of rotatable bonds is 5. The zero-order valence-corrected chi connectivity index (χ0v) is 16.0. The van der Waals surface area contributed by atoms with Gasteiger partial charge in [-0.05, 0) is 60.3 Å². The molecule has 6 heteroatoms. The highest BCUT2D eigenvalue weighted by molar-refractivity contribution is 5.94. The van der Waals surface area contributed by atoms with Gasteiger partial charge in [-0.25, -0.2) is 0 Å². The fourth-order valence-electron chi connectivity index (χ4n) is 4.07. The van der Waals surface area contributed by atoms with E-state index in [9.17, 15) is 4.79 Å². The summed E-state index contributed by atoms with van der Waals surface area (Å²) in [5.41, 5.74) is 6.23. The van der Waals surface area contributed by atoms with Crippen LogP contribution in [0.1, 0.15) is 78.4 Å². The number of fused-ring (bicyclic) bond motifs is 1. The Morgan fingerprint density at radius 1 is 1.12 bits per heavy atom. The highest BCUT2D eigenvalue weighted by atomic mass is 16.2. The Morgan fingerprint density at radius 3 is 2.44 bits per heavy atom. The van der Waals surface area contributed by atoms with Crippen LogP contribution < -0.4 is 5.32 Å². The first-order chi connectivity index (χ1) is 12.0. The fraction of sp³-hybridized carbons (Fsp3) is 0.632. The molecule has 1 amide bonds. The first-order valence-electron chi connectivity index (χ1n) is 9.41. The number of aryl methyl sites for hydroxylation is 4. The number of nitrogens with one attached hydrogen (secondary N) is 1. The highest BCUT2D eigenvalue weighted by Crippen LogP contribution is 2.26. The first-order valence-corrected chi connectivity index (χ1v) is 9.41. The molecule has 3 rings (SSSR count). The van der Waals surface area contributed by atoms with Crippen molar-refractivity contribution in [3.8, 4) is 0 Å². The molecule has 25 heavy (non-hydrogen) atoms. The van der Waals surface area contributed by atoms with Crippen molar-refractivity contribution in [3.05, 3.63) is 33.9 Å². The SMILES string of the molecule is CCn1nc(C)c([C@@H](C)NC(=O)c2c3c(nn2CC)CCCC3)c1C. The van der Waals surface area contributed by atoms with E-state index in [0.29, 0.717) is 0 Å². The minimum atomic E-state index is -0.0766. The third-order valence-electron chi connectivity index (χ3n) is 5.26. The second kappa shape index (κ2) is 7.02. The molecule has 0 unspecified atom stereocenters. The standard InChI is InChI=1S/C19H29N5O/c1-6-23-14(5)17(13(4)21-23)12(3)20-19(25)18-15-10-8-9-11-16(15)22-24(18)7-2/h12H,6-11H2,1-5H3,(H,20,25)/t12-/m1/s1. The summed E-state index contributed by atoms with van der Waals surface area (Å²) in [6, 6.07) is -0.0766. The van der Waals surface area contributed by atoms with Gasteiger partial charge >= 0.3 is 0 Å². The van der Waals surface area contributed by atoms with Crippen LogP contribution in [0.15, 0.2) is 0 Å². The number of hydrogen-bond donors (Lipinski definition) is 1. The Labute approximate surface area is 149 Å². The zero-order chi connectivity index (χ0) is 18.1. The molecule has 136 valence electrons. The molecule has 1 aliphatic rings. The van der Waals surface area contributed by atoms with Crippen LogP contribution in [0.3, 0.4) is 0 Å². The lowest BCUT2D eigenvalue weighted by molar-refractivity contribution is 0.0928. The van der Waals surface area contributed by atoms with Gasteiger partial charge < -0.3 is 5.32 Å². The molecule has 0 aromatic carbocycles. The third kappa shape index (κ3) is 3.10. The highest BCUT2D eigenvalue weighted by Gasteiger charge is 2.27. The van der Waals surface area contributed by atoms with Crippen LogP contribution in [0, 0.1) is 13.8 Å². The topological polar surface area (TPSA) is 64.7 Å². The Morgan fingerprint density at radius 2 is 1.80 bits per heavy atom. The van der Waals surface area contributed by atoms with E-state index in [4.69, 9.17) is 0 Å². The average Bonchev–Trinajstić information content (AvgIpc) is 3.11. The molecule has 0 bridgehead atoms. The molecular weight excluding hydrogens is 314 g/mol. The Hall–Kier alpha value is -2.11. The summed E-state index contributed by atoms with van der Waals surface area (Å²) < 4.78 is 3.86. The Bertz CT molecular complexity index is 786. The lowest BCUT2D eigenvalue weighted by Gasteiger charge is -2.17. The molecule has 1 aliphatic carbocycles. The van der Waals surface area contributed by atoms with E-state index in [0.717, 1.165) is 66.3 Å². The van der Waals surface area contributed by atoms with Crippen LogP contribution in [0.25, 0.3) is 0 Å². The van der Waals surface area contributed by atoms with Crippen molar-refractivity contribution in [2.24, 2.45) is 0 Å². The van der Waals surface area contributed by atoms with Gasteiger partial charge in [0.05, 0.1) is 17.4 Å². The summed E-state index contributed by atoms with van der Waals surface area (Å²) in [6.45, 7) is 11.8. The van der Waals surface area contributed by atoms with Crippen molar-refractivity contribution in [2.45, 2.75) is 79.4 Å². The molecule has 0 radical (unpaired) electrons. The number of carbonyl (C=O) groups excluding carboxylic acids is 1. The van der Waals surface area contributed by atoms with E-state index < -0.39 is 0 Å². The minimum absolute atomic E-state index is 0.0203. The van der Waals surface area contributed by atoms with Crippen LogP contribution >= 0.6 is 0 Å². The molecule has 2 heterocycles. The smallest absolute Gasteiger partial charge is 0.270 e. The molecular formula is C19H29N5O. The lowest BCUT2D eigenvalue weighted by atomic mass is 9.95. The monoisotopic (exact) mass is 343 g/mol. The molecule has 2 aromatic rings. The lowest BCUT2D eigenvalue weighted by Crippen LogP contribution is -2.30. The van der Waals surface area contributed by atoms with E-state index in [1.807, 2.05) is 30.1 Å².